The summed E-state index contributed by atoms with van der Waals surface area (Å²) >= 11 is 0. The molecule has 1 saturated heterocycles. The molecule has 2 amide bonds. The molecule has 90 valence electrons. The van der Waals surface area contributed by atoms with Crippen molar-refractivity contribution >= 4 is 17.8 Å². The zero-order chi connectivity index (χ0) is 12.5. The Morgan fingerprint density at radius 1 is 1.56 bits per heavy atom. The highest BCUT2D eigenvalue weighted by molar-refractivity contribution is 6.07. The molecule has 2 unspecified atom stereocenters. The number of carboxylic acids is 1. The molecular formula is C11H17NO4. The Labute approximate surface area is 94.4 Å². The Morgan fingerprint density at radius 2 is 2.12 bits per heavy atom. The first kappa shape index (κ1) is 12.7. The van der Waals surface area contributed by atoms with Gasteiger partial charge in [-0.2, -0.15) is 0 Å². The van der Waals surface area contributed by atoms with Crippen LogP contribution in [0.3, 0.4) is 0 Å². The van der Waals surface area contributed by atoms with E-state index in [2.05, 4.69) is 0 Å². The maximum absolute atomic E-state index is 11.8. The number of carbonyl (C=O) groups is 3. The number of nitrogens with zero attached hydrogens (tertiary/aromatic N) is 1. The largest absolute Gasteiger partial charge is 0.479 e. The molecule has 16 heavy (non-hydrogen) atoms. The van der Waals surface area contributed by atoms with Gasteiger partial charge in [0.05, 0.1) is 0 Å². The van der Waals surface area contributed by atoms with Gasteiger partial charge in [0, 0.05) is 12.3 Å². The van der Waals surface area contributed by atoms with Crippen LogP contribution in [0.4, 0.5) is 0 Å². The van der Waals surface area contributed by atoms with Crippen LogP contribution >= 0.6 is 0 Å². The number of aliphatic carboxylic acids is 1. The van der Waals surface area contributed by atoms with Crippen molar-refractivity contribution < 1.29 is 19.5 Å². The summed E-state index contributed by atoms with van der Waals surface area (Å²) in [5.74, 6) is -2.27. The van der Waals surface area contributed by atoms with Gasteiger partial charge in [0.15, 0.2) is 0 Å². The van der Waals surface area contributed by atoms with Gasteiger partial charge >= 0.3 is 5.97 Å². The van der Waals surface area contributed by atoms with Gasteiger partial charge in [-0.15, -0.1) is 0 Å². The van der Waals surface area contributed by atoms with Crippen LogP contribution in [0, 0.1) is 5.92 Å². The number of amides is 2. The summed E-state index contributed by atoms with van der Waals surface area (Å²) in [7, 11) is 0. The summed E-state index contributed by atoms with van der Waals surface area (Å²) in [5.41, 5.74) is -1.40. The normalized spacial score (nSPS) is 24.7. The average Bonchev–Trinajstić information content (AvgIpc) is 2.41. The highest BCUT2D eigenvalue weighted by atomic mass is 16.4. The van der Waals surface area contributed by atoms with E-state index in [-0.39, 0.29) is 24.7 Å². The third kappa shape index (κ3) is 1.81. The minimum atomic E-state index is -1.40. The highest BCUT2D eigenvalue weighted by Crippen LogP contribution is 2.30. The van der Waals surface area contributed by atoms with E-state index in [1.807, 2.05) is 6.92 Å². The van der Waals surface area contributed by atoms with Crippen LogP contribution in [-0.2, 0) is 14.4 Å². The predicted octanol–water partition coefficient (Wildman–Crippen LogP) is 1.02. The Balaban J connectivity index is 3.08. The van der Waals surface area contributed by atoms with Crippen molar-refractivity contribution in [3.8, 4) is 0 Å². The van der Waals surface area contributed by atoms with Crippen molar-refractivity contribution in [1.82, 2.24) is 4.90 Å². The Bertz CT molecular complexity index is 339. The lowest BCUT2D eigenvalue weighted by Gasteiger charge is -2.33. The lowest BCUT2D eigenvalue weighted by Crippen LogP contribution is -2.55. The number of rotatable bonds is 4. The molecule has 1 fully saturated rings. The molecule has 0 aliphatic carbocycles. The van der Waals surface area contributed by atoms with Gasteiger partial charge in [0.25, 0.3) is 0 Å². The second kappa shape index (κ2) is 4.23. The number of likely N-dealkylation sites (tertiary alicyclic amines) is 1. The fourth-order valence-electron chi connectivity index (χ4n) is 2.10. The maximum atomic E-state index is 11.8. The Hall–Kier alpha value is -1.39. The number of imide groups is 1. The molecule has 0 spiro atoms. The van der Waals surface area contributed by atoms with E-state index >= 15 is 0 Å². The topological polar surface area (TPSA) is 74.7 Å². The molecule has 0 bridgehead atoms. The average molecular weight is 227 g/mol. The van der Waals surface area contributed by atoms with E-state index in [9.17, 15) is 19.5 Å². The van der Waals surface area contributed by atoms with Crippen molar-refractivity contribution in [2.75, 3.05) is 0 Å². The molecule has 1 aliphatic rings. The first-order valence-corrected chi connectivity index (χ1v) is 5.45. The first-order valence-electron chi connectivity index (χ1n) is 5.45. The molecule has 0 aromatic rings. The Kier molecular flexibility index (Phi) is 3.35. The Morgan fingerprint density at radius 3 is 2.44 bits per heavy atom. The summed E-state index contributed by atoms with van der Waals surface area (Å²) in [6.45, 7) is 4.91. The number of carboxylic acid groups (broad SMARTS) is 1. The van der Waals surface area contributed by atoms with Gasteiger partial charge in [-0.25, -0.2) is 4.79 Å². The SMILES string of the molecule is CCCC(C)(C(=O)O)N1C(=O)CC(C)C1=O. The molecular weight excluding hydrogens is 210 g/mol. The van der Waals surface area contributed by atoms with E-state index in [1.165, 1.54) is 6.92 Å². The van der Waals surface area contributed by atoms with E-state index in [0.717, 1.165) is 4.90 Å². The molecule has 0 aromatic carbocycles. The maximum Gasteiger partial charge on any atom is 0.329 e. The molecule has 1 heterocycles. The standard InChI is InChI=1S/C11H17NO4/c1-4-5-11(3,10(15)16)12-8(13)6-7(2)9(12)14/h7H,4-6H2,1-3H3,(H,15,16). The summed E-state index contributed by atoms with van der Waals surface area (Å²) in [6.07, 6.45) is 1.01. The van der Waals surface area contributed by atoms with Crippen LogP contribution in [-0.4, -0.2) is 33.3 Å². The minimum Gasteiger partial charge on any atom is -0.479 e. The lowest BCUT2D eigenvalue weighted by atomic mass is 9.94. The van der Waals surface area contributed by atoms with Crippen LogP contribution in [0.15, 0.2) is 0 Å². The van der Waals surface area contributed by atoms with Crippen molar-refractivity contribution in [2.45, 2.75) is 45.6 Å². The van der Waals surface area contributed by atoms with Crippen molar-refractivity contribution in [3.05, 3.63) is 0 Å². The van der Waals surface area contributed by atoms with E-state index in [4.69, 9.17) is 0 Å². The molecule has 1 N–H and O–H groups in total. The minimum absolute atomic E-state index is 0.116. The zero-order valence-corrected chi connectivity index (χ0v) is 9.82. The van der Waals surface area contributed by atoms with Gasteiger partial charge in [-0.1, -0.05) is 20.3 Å². The molecule has 5 heteroatoms. The summed E-state index contributed by atoms with van der Waals surface area (Å²) < 4.78 is 0. The third-order valence-electron chi connectivity index (χ3n) is 3.06. The fourth-order valence-corrected chi connectivity index (χ4v) is 2.10. The fraction of sp³-hybridized carbons (Fsp3) is 0.727. The van der Waals surface area contributed by atoms with E-state index in [1.54, 1.807) is 6.92 Å². The van der Waals surface area contributed by atoms with Crippen molar-refractivity contribution in [1.29, 1.82) is 0 Å². The molecule has 2 atom stereocenters. The van der Waals surface area contributed by atoms with Crippen molar-refractivity contribution in [3.63, 3.8) is 0 Å². The molecule has 5 nitrogen and oxygen atoms in total. The third-order valence-corrected chi connectivity index (χ3v) is 3.06. The van der Waals surface area contributed by atoms with Crippen LogP contribution in [0.1, 0.15) is 40.0 Å². The van der Waals surface area contributed by atoms with E-state index < -0.39 is 17.4 Å². The van der Waals surface area contributed by atoms with Crippen LogP contribution in [0.5, 0.6) is 0 Å². The monoisotopic (exact) mass is 227 g/mol. The molecule has 1 rings (SSSR count). The van der Waals surface area contributed by atoms with Gasteiger partial charge in [-0.05, 0) is 13.3 Å². The quantitative estimate of drug-likeness (QED) is 0.728. The second-order valence-corrected chi connectivity index (χ2v) is 4.50. The highest BCUT2D eigenvalue weighted by Gasteiger charge is 2.50. The van der Waals surface area contributed by atoms with Gasteiger partial charge in [0.1, 0.15) is 5.54 Å². The summed E-state index contributed by atoms with van der Waals surface area (Å²) in [6, 6.07) is 0. The number of hydrogen-bond donors (Lipinski definition) is 1. The molecule has 0 saturated carbocycles. The molecule has 0 radical (unpaired) electrons. The molecule has 0 aromatic heterocycles. The van der Waals surface area contributed by atoms with Crippen LogP contribution < -0.4 is 0 Å². The van der Waals surface area contributed by atoms with Gasteiger partial charge < -0.3 is 5.11 Å². The van der Waals surface area contributed by atoms with E-state index in [0.29, 0.717) is 6.42 Å². The summed E-state index contributed by atoms with van der Waals surface area (Å²) in [4.78, 5) is 35.6. The zero-order valence-electron chi connectivity index (χ0n) is 9.82. The van der Waals surface area contributed by atoms with Crippen molar-refractivity contribution in [2.24, 2.45) is 5.92 Å². The first-order chi connectivity index (χ1) is 7.34. The lowest BCUT2D eigenvalue weighted by molar-refractivity contribution is -0.162. The predicted molar refractivity (Wildman–Crippen MR) is 56.6 cm³/mol. The number of hydrogen-bond acceptors (Lipinski definition) is 3. The molecule has 1 aliphatic heterocycles. The number of carbonyl (C=O) groups excluding carboxylic acids is 2. The van der Waals surface area contributed by atoms with Gasteiger partial charge in [-0.3, -0.25) is 14.5 Å². The second-order valence-electron chi connectivity index (χ2n) is 4.50. The smallest absolute Gasteiger partial charge is 0.329 e. The summed E-state index contributed by atoms with van der Waals surface area (Å²) in [5, 5.41) is 9.20. The van der Waals surface area contributed by atoms with Gasteiger partial charge in [0.2, 0.25) is 11.8 Å². The van der Waals surface area contributed by atoms with Crippen LogP contribution in [0.2, 0.25) is 0 Å². The van der Waals surface area contributed by atoms with Crippen LogP contribution in [0.25, 0.3) is 0 Å².